The number of rotatable bonds is 5. The maximum absolute atomic E-state index is 5.52. The van der Waals surface area contributed by atoms with Crippen LogP contribution in [0.25, 0.3) is 0 Å². The SMILES string of the molecule is C#CC(C)NCc1cc(Br)c(OCC)c(Br)c1. The molecule has 0 aliphatic heterocycles. The molecule has 0 radical (unpaired) electrons. The second-order valence-corrected chi connectivity index (χ2v) is 5.30. The van der Waals surface area contributed by atoms with Crippen LogP contribution < -0.4 is 10.1 Å². The third kappa shape index (κ3) is 4.34. The van der Waals surface area contributed by atoms with E-state index in [0.717, 1.165) is 26.8 Å². The van der Waals surface area contributed by atoms with Crippen LogP contribution in [-0.2, 0) is 6.54 Å². The smallest absolute Gasteiger partial charge is 0.147 e. The fourth-order valence-corrected chi connectivity index (χ4v) is 2.84. The van der Waals surface area contributed by atoms with Crippen molar-refractivity contribution in [3.8, 4) is 18.1 Å². The van der Waals surface area contributed by atoms with Crippen LogP contribution in [0.15, 0.2) is 21.1 Å². The summed E-state index contributed by atoms with van der Waals surface area (Å²) in [7, 11) is 0. The third-order valence-electron chi connectivity index (χ3n) is 2.21. The Morgan fingerprint density at radius 1 is 1.41 bits per heavy atom. The van der Waals surface area contributed by atoms with Gasteiger partial charge in [-0.15, -0.1) is 6.42 Å². The van der Waals surface area contributed by atoms with Gasteiger partial charge in [0.2, 0.25) is 0 Å². The number of hydrogen-bond acceptors (Lipinski definition) is 2. The first kappa shape index (κ1) is 14.6. The maximum atomic E-state index is 5.52. The minimum absolute atomic E-state index is 0.0686. The minimum Gasteiger partial charge on any atom is -0.492 e. The Bertz CT molecular complexity index is 403. The fourth-order valence-electron chi connectivity index (χ4n) is 1.33. The largest absolute Gasteiger partial charge is 0.492 e. The lowest BCUT2D eigenvalue weighted by atomic mass is 10.2. The Labute approximate surface area is 119 Å². The summed E-state index contributed by atoms with van der Waals surface area (Å²) in [5, 5.41) is 3.24. The van der Waals surface area contributed by atoms with Gasteiger partial charge in [-0.25, -0.2) is 0 Å². The first-order chi connectivity index (χ1) is 8.08. The quantitative estimate of drug-likeness (QED) is 0.808. The average Bonchev–Trinajstić information content (AvgIpc) is 2.30. The van der Waals surface area contributed by atoms with Crippen LogP contribution in [-0.4, -0.2) is 12.6 Å². The van der Waals surface area contributed by atoms with Crippen molar-refractivity contribution in [3.63, 3.8) is 0 Å². The van der Waals surface area contributed by atoms with E-state index in [4.69, 9.17) is 11.2 Å². The number of benzene rings is 1. The summed E-state index contributed by atoms with van der Waals surface area (Å²) < 4.78 is 7.41. The Morgan fingerprint density at radius 2 is 2.00 bits per heavy atom. The number of ether oxygens (including phenoxy) is 1. The van der Waals surface area contributed by atoms with E-state index in [1.165, 1.54) is 0 Å². The molecule has 0 heterocycles. The van der Waals surface area contributed by atoms with Crippen molar-refractivity contribution in [2.75, 3.05) is 6.61 Å². The van der Waals surface area contributed by atoms with Gasteiger partial charge in [-0.05, 0) is 63.4 Å². The first-order valence-corrected chi connectivity index (χ1v) is 6.97. The molecule has 0 fully saturated rings. The Balaban J connectivity index is 2.80. The molecule has 92 valence electrons. The lowest BCUT2D eigenvalue weighted by Crippen LogP contribution is -2.23. The fraction of sp³-hybridized carbons (Fsp3) is 0.385. The molecule has 2 nitrogen and oxygen atoms in total. The molecule has 1 atom stereocenters. The number of nitrogens with one attached hydrogen (secondary N) is 1. The van der Waals surface area contributed by atoms with Crippen molar-refractivity contribution in [2.45, 2.75) is 26.4 Å². The standard InChI is InChI=1S/C13H15Br2NO/c1-4-9(3)16-8-10-6-11(14)13(17-5-2)12(15)7-10/h1,6-7,9,16H,5,8H2,2-3H3. The van der Waals surface area contributed by atoms with Gasteiger partial charge in [0.15, 0.2) is 0 Å². The summed E-state index contributed by atoms with van der Waals surface area (Å²) in [6, 6.07) is 4.14. The van der Waals surface area contributed by atoms with E-state index in [2.05, 4.69) is 43.1 Å². The van der Waals surface area contributed by atoms with Crippen LogP contribution in [0, 0.1) is 12.3 Å². The van der Waals surface area contributed by atoms with E-state index in [0.29, 0.717) is 6.61 Å². The van der Waals surface area contributed by atoms with Gasteiger partial charge in [0.05, 0.1) is 21.6 Å². The van der Waals surface area contributed by atoms with Gasteiger partial charge in [-0.2, -0.15) is 0 Å². The Morgan fingerprint density at radius 3 is 2.47 bits per heavy atom. The molecule has 1 unspecified atom stereocenters. The van der Waals surface area contributed by atoms with E-state index in [1.54, 1.807) is 0 Å². The van der Waals surface area contributed by atoms with Gasteiger partial charge < -0.3 is 4.74 Å². The van der Waals surface area contributed by atoms with E-state index >= 15 is 0 Å². The molecular formula is C13H15Br2NO. The van der Waals surface area contributed by atoms with Crippen LogP contribution in [0.2, 0.25) is 0 Å². The summed E-state index contributed by atoms with van der Waals surface area (Å²) >= 11 is 7.00. The molecule has 0 aromatic heterocycles. The maximum Gasteiger partial charge on any atom is 0.147 e. The van der Waals surface area contributed by atoms with E-state index in [1.807, 2.05) is 26.0 Å². The summed E-state index contributed by atoms with van der Waals surface area (Å²) in [6.45, 7) is 5.29. The summed E-state index contributed by atoms with van der Waals surface area (Å²) in [4.78, 5) is 0. The molecule has 0 saturated carbocycles. The molecule has 1 aromatic carbocycles. The topological polar surface area (TPSA) is 21.3 Å². The Kier molecular flexibility index (Phi) is 6.04. The second-order valence-electron chi connectivity index (χ2n) is 3.59. The molecule has 0 amide bonds. The molecule has 1 aromatic rings. The molecule has 0 saturated heterocycles. The van der Waals surface area contributed by atoms with Crippen LogP contribution >= 0.6 is 31.9 Å². The summed E-state index contributed by atoms with van der Waals surface area (Å²) in [6.07, 6.45) is 5.31. The van der Waals surface area contributed by atoms with Crippen LogP contribution in [0.4, 0.5) is 0 Å². The van der Waals surface area contributed by atoms with Gasteiger partial charge in [0, 0.05) is 6.54 Å². The molecule has 17 heavy (non-hydrogen) atoms. The average molecular weight is 361 g/mol. The van der Waals surface area contributed by atoms with Gasteiger partial charge in [-0.3, -0.25) is 5.32 Å². The van der Waals surface area contributed by atoms with Gasteiger partial charge in [0.1, 0.15) is 5.75 Å². The molecule has 0 bridgehead atoms. The highest BCUT2D eigenvalue weighted by Crippen LogP contribution is 2.34. The number of hydrogen-bond donors (Lipinski definition) is 1. The van der Waals surface area contributed by atoms with Crippen molar-refractivity contribution in [2.24, 2.45) is 0 Å². The third-order valence-corrected chi connectivity index (χ3v) is 3.39. The predicted octanol–water partition coefficient (Wildman–Crippen LogP) is 3.72. The monoisotopic (exact) mass is 359 g/mol. The van der Waals surface area contributed by atoms with Crippen molar-refractivity contribution >= 4 is 31.9 Å². The van der Waals surface area contributed by atoms with Crippen molar-refractivity contribution in [1.82, 2.24) is 5.32 Å². The predicted molar refractivity (Wildman–Crippen MR) is 78.1 cm³/mol. The van der Waals surface area contributed by atoms with E-state index < -0.39 is 0 Å². The number of halogens is 2. The van der Waals surface area contributed by atoms with E-state index in [9.17, 15) is 0 Å². The molecule has 0 aliphatic carbocycles. The normalized spacial score (nSPS) is 11.9. The minimum atomic E-state index is 0.0686. The van der Waals surface area contributed by atoms with Crippen LogP contribution in [0.5, 0.6) is 5.75 Å². The highest BCUT2D eigenvalue weighted by Gasteiger charge is 2.08. The number of terminal acetylenes is 1. The van der Waals surface area contributed by atoms with Crippen molar-refractivity contribution in [3.05, 3.63) is 26.6 Å². The highest BCUT2D eigenvalue weighted by molar-refractivity contribution is 9.11. The molecule has 0 spiro atoms. The molecule has 4 heteroatoms. The molecule has 1 rings (SSSR count). The zero-order valence-electron chi connectivity index (χ0n) is 9.89. The van der Waals surface area contributed by atoms with Crippen molar-refractivity contribution < 1.29 is 4.74 Å². The summed E-state index contributed by atoms with van der Waals surface area (Å²) in [5.41, 5.74) is 1.15. The van der Waals surface area contributed by atoms with Crippen LogP contribution in [0.1, 0.15) is 19.4 Å². The molecular weight excluding hydrogens is 346 g/mol. The van der Waals surface area contributed by atoms with E-state index in [-0.39, 0.29) is 6.04 Å². The molecule has 1 N–H and O–H groups in total. The first-order valence-electron chi connectivity index (χ1n) is 5.38. The highest BCUT2D eigenvalue weighted by atomic mass is 79.9. The zero-order chi connectivity index (χ0) is 12.8. The molecule has 0 aliphatic rings. The van der Waals surface area contributed by atoms with Gasteiger partial charge >= 0.3 is 0 Å². The van der Waals surface area contributed by atoms with Crippen LogP contribution in [0.3, 0.4) is 0 Å². The van der Waals surface area contributed by atoms with Crippen molar-refractivity contribution in [1.29, 1.82) is 0 Å². The lowest BCUT2D eigenvalue weighted by Gasteiger charge is -2.12. The Hall–Kier alpha value is -0.500. The second kappa shape index (κ2) is 7.05. The lowest BCUT2D eigenvalue weighted by molar-refractivity contribution is 0.336. The zero-order valence-corrected chi connectivity index (χ0v) is 13.1. The van der Waals surface area contributed by atoms with Gasteiger partial charge in [0.25, 0.3) is 0 Å². The van der Waals surface area contributed by atoms with Gasteiger partial charge in [-0.1, -0.05) is 5.92 Å². The summed E-state index contributed by atoms with van der Waals surface area (Å²) in [5.74, 6) is 3.47.